The largest absolute Gasteiger partial charge is 0.386 e. The van der Waals surface area contributed by atoms with E-state index < -0.39 is 11.4 Å². The summed E-state index contributed by atoms with van der Waals surface area (Å²) in [5.74, 6) is -0.300. The van der Waals surface area contributed by atoms with Crippen LogP contribution in [-0.4, -0.2) is 37.7 Å². The van der Waals surface area contributed by atoms with E-state index in [1.165, 1.54) is 18.4 Å². The Morgan fingerprint density at radius 2 is 1.88 bits per heavy atom. The van der Waals surface area contributed by atoms with Crippen LogP contribution < -0.4 is 0 Å². The van der Waals surface area contributed by atoms with Gasteiger partial charge in [0.1, 0.15) is 0 Å². The maximum Gasteiger partial charge on any atom is 0.189 e. The summed E-state index contributed by atoms with van der Waals surface area (Å²) >= 11 is 1.96. The SMILES string of the molecule is C=C1/C(=C\C=C2/CCC[C@]3(C)C(C(C)SC/C=C/C(O)(CC)CC)=CC[C@@H]23)CCCC1(O)O. The molecule has 0 amide bonds. The minimum absolute atomic E-state index is 0.202. The molecule has 0 heterocycles. The van der Waals surface area contributed by atoms with E-state index >= 15 is 0 Å². The first-order chi connectivity index (χ1) is 15.6. The van der Waals surface area contributed by atoms with Crippen molar-refractivity contribution >= 4 is 11.8 Å². The highest BCUT2D eigenvalue weighted by Crippen LogP contribution is 2.56. The lowest BCUT2D eigenvalue weighted by Gasteiger charge is -2.42. The fourth-order valence-electron chi connectivity index (χ4n) is 6.00. The van der Waals surface area contributed by atoms with Gasteiger partial charge in [0, 0.05) is 23.0 Å². The first kappa shape index (κ1) is 26.5. The van der Waals surface area contributed by atoms with Gasteiger partial charge in [0.25, 0.3) is 0 Å². The molecule has 3 atom stereocenters. The summed E-state index contributed by atoms with van der Waals surface area (Å²) in [5, 5.41) is 31.3. The Labute approximate surface area is 205 Å². The van der Waals surface area contributed by atoms with Crippen LogP contribution in [0, 0.1) is 11.3 Å². The summed E-state index contributed by atoms with van der Waals surface area (Å²) < 4.78 is 0. The standard InChI is InChI=1S/C29H44O3S/c1-6-28(30,7-2)18-10-20-33-22(4)25-15-16-26-24(12-8-17-27(25,26)5)14-13-23-11-9-19-29(31,32)21(23)3/h10,13-15,18,22,26,30-32H,3,6-9,11-12,16-17,19-20H2,1-2,4-5H3/b18-10+,23-13-,24-14+/t22?,26-,27+/m0/s1. The molecule has 0 aliphatic heterocycles. The van der Waals surface area contributed by atoms with E-state index in [9.17, 15) is 15.3 Å². The topological polar surface area (TPSA) is 60.7 Å². The molecule has 0 aromatic rings. The van der Waals surface area contributed by atoms with Crippen LogP contribution in [0.4, 0.5) is 0 Å². The van der Waals surface area contributed by atoms with Gasteiger partial charge in [-0.2, -0.15) is 11.8 Å². The molecule has 3 rings (SSSR count). The van der Waals surface area contributed by atoms with Crippen molar-refractivity contribution in [3.63, 3.8) is 0 Å². The van der Waals surface area contributed by atoms with Gasteiger partial charge in [0.2, 0.25) is 0 Å². The number of rotatable bonds is 8. The first-order valence-corrected chi connectivity index (χ1v) is 13.9. The summed E-state index contributed by atoms with van der Waals surface area (Å²) in [6, 6.07) is 0. The highest BCUT2D eigenvalue weighted by molar-refractivity contribution is 8.00. The Bertz CT molecular complexity index is 843. The van der Waals surface area contributed by atoms with Gasteiger partial charge in [-0.25, -0.2) is 0 Å². The van der Waals surface area contributed by atoms with Crippen LogP contribution in [0.3, 0.4) is 0 Å². The molecular formula is C29H44O3S. The van der Waals surface area contributed by atoms with Gasteiger partial charge in [-0.1, -0.05) is 68.9 Å². The van der Waals surface area contributed by atoms with Crippen molar-refractivity contribution in [3.05, 3.63) is 59.3 Å². The van der Waals surface area contributed by atoms with Gasteiger partial charge in [0.15, 0.2) is 5.79 Å². The van der Waals surface area contributed by atoms with Crippen molar-refractivity contribution in [2.75, 3.05) is 5.75 Å². The molecular weight excluding hydrogens is 428 g/mol. The summed E-state index contributed by atoms with van der Waals surface area (Å²) in [6.45, 7) is 12.8. The summed E-state index contributed by atoms with van der Waals surface area (Å²) in [6.07, 6.45) is 19.1. The zero-order chi connectivity index (χ0) is 24.3. The first-order valence-electron chi connectivity index (χ1n) is 12.8. The van der Waals surface area contributed by atoms with E-state index in [-0.39, 0.29) is 5.41 Å². The van der Waals surface area contributed by atoms with Crippen LogP contribution in [0.1, 0.15) is 85.5 Å². The van der Waals surface area contributed by atoms with Crippen LogP contribution in [0.2, 0.25) is 0 Å². The summed E-state index contributed by atoms with van der Waals surface area (Å²) in [5.41, 5.74) is 4.05. The average molecular weight is 473 g/mol. The predicted octanol–water partition coefficient (Wildman–Crippen LogP) is 6.63. The molecule has 3 aliphatic rings. The number of allylic oxidation sites excluding steroid dienone is 4. The minimum atomic E-state index is -1.75. The molecule has 33 heavy (non-hydrogen) atoms. The fraction of sp³-hybridized carbons (Fsp3) is 0.655. The van der Waals surface area contributed by atoms with Gasteiger partial charge in [0.05, 0.1) is 5.60 Å². The third-order valence-corrected chi connectivity index (χ3v) is 9.62. The van der Waals surface area contributed by atoms with Gasteiger partial charge in [-0.05, 0) is 75.2 Å². The predicted molar refractivity (Wildman–Crippen MR) is 141 cm³/mol. The third-order valence-electron chi connectivity index (χ3n) is 8.49. The second-order valence-electron chi connectivity index (χ2n) is 10.5. The Kier molecular flexibility index (Phi) is 8.59. The lowest BCUT2D eigenvalue weighted by molar-refractivity contribution is -0.136. The van der Waals surface area contributed by atoms with E-state index in [0.29, 0.717) is 23.2 Å². The van der Waals surface area contributed by atoms with Crippen LogP contribution in [0.25, 0.3) is 0 Å². The molecule has 2 saturated carbocycles. The molecule has 0 aromatic heterocycles. The minimum Gasteiger partial charge on any atom is -0.386 e. The van der Waals surface area contributed by atoms with Crippen molar-refractivity contribution in [3.8, 4) is 0 Å². The maximum absolute atomic E-state index is 10.5. The maximum atomic E-state index is 10.5. The molecule has 2 fully saturated rings. The second-order valence-corrected chi connectivity index (χ2v) is 11.9. The van der Waals surface area contributed by atoms with E-state index in [0.717, 1.165) is 49.9 Å². The highest BCUT2D eigenvalue weighted by Gasteiger charge is 2.46. The number of thioether (sulfide) groups is 1. The zero-order valence-electron chi connectivity index (χ0n) is 21.1. The van der Waals surface area contributed by atoms with E-state index in [2.05, 4.69) is 44.7 Å². The number of hydrogen-bond donors (Lipinski definition) is 3. The summed E-state index contributed by atoms with van der Waals surface area (Å²) in [4.78, 5) is 0. The molecule has 0 aromatic carbocycles. The van der Waals surface area contributed by atoms with E-state index in [1.54, 1.807) is 5.57 Å². The molecule has 4 heteroatoms. The Morgan fingerprint density at radius 1 is 1.18 bits per heavy atom. The smallest absolute Gasteiger partial charge is 0.189 e. The van der Waals surface area contributed by atoms with Crippen LogP contribution in [0.5, 0.6) is 0 Å². The van der Waals surface area contributed by atoms with Crippen LogP contribution >= 0.6 is 11.8 Å². The van der Waals surface area contributed by atoms with Gasteiger partial charge >= 0.3 is 0 Å². The van der Waals surface area contributed by atoms with Crippen molar-refractivity contribution in [2.45, 2.75) is 102 Å². The lowest BCUT2D eigenvalue weighted by Crippen LogP contribution is -2.34. The van der Waals surface area contributed by atoms with Crippen molar-refractivity contribution in [1.29, 1.82) is 0 Å². The lowest BCUT2D eigenvalue weighted by atomic mass is 9.64. The highest BCUT2D eigenvalue weighted by atomic mass is 32.2. The van der Waals surface area contributed by atoms with Gasteiger partial charge in [-0.15, -0.1) is 0 Å². The normalized spacial score (nSPS) is 31.3. The van der Waals surface area contributed by atoms with Crippen LogP contribution in [0.15, 0.2) is 59.3 Å². The second kappa shape index (κ2) is 10.7. The Morgan fingerprint density at radius 3 is 2.58 bits per heavy atom. The molecule has 3 N–H and O–H groups in total. The molecule has 184 valence electrons. The quantitative estimate of drug-likeness (QED) is 0.274. The van der Waals surface area contributed by atoms with E-state index in [4.69, 9.17) is 0 Å². The molecule has 0 saturated heterocycles. The third kappa shape index (κ3) is 5.78. The molecule has 0 radical (unpaired) electrons. The van der Waals surface area contributed by atoms with Crippen molar-refractivity contribution in [1.82, 2.24) is 0 Å². The van der Waals surface area contributed by atoms with Crippen LogP contribution in [-0.2, 0) is 0 Å². The Hall–Kier alpha value is -1.07. The molecule has 0 spiro atoms. The fourth-order valence-corrected chi connectivity index (χ4v) is 7.04. The van der Waals surface area contributed by atoms with Crippen molar-refractivity contribution < 1.29 is 15.3 Å². The van der Waals surface area contributed by atoms with Crippen molar-refractivity contribution in [2.24, 2.45) is 11.3 Å². The molecule has 1 unspecified atom stereocenters. The average Bonchev–Trinajstić information content (AvgIpc) is 3.15. The molecule has 0 bridgehead atoms. The molecule has 3 nitrogen and oxygen atoms in total. The summed E-state index contributed by atoms with van der Waals surface area (Å²) in [7, 11) is 0. The Balaban J connectivity index is 1.67. The number of aliphatic hydroxyl groups is 3. The van der Waals surface area contributed by atoms with Gasteiger partial charge in [-0.3, -0.25) is 0 Å². The number of fused-ring (bicyclic) bond motifs is 1. The monoisotopic (exact) mass is 472 g/mol. The van der Waals surface area contributed by atoms with E-state index in [1.807, 2.05) is 31.7 Å². The zero-order valence-corrected chi connectivity index (χ0v) is 21.9. The molecule has 3 aliphatic carbocycles. The number of hydrogen-bond acceptors (Lipinski definition) is 4. The van der Waals surface area contributed by atoms with Gasteiger partial charge < -0.3 is 15.3 Å².